The number of esters is 4. The summed E-state index contributed by atoms with van der Waals surface area (Å²) >= 11 is 0. The van der Waals surface area contributed by atoms with E-state index in [2.05, 4.69) is 0 Å². The van der Waals surface area contributed by atoms with Gasteiger partial charge in [0.2, 0.25) is 5.79 Å². The zero-order valence-electron chi connectivity index (χ0n) is 15.4. The van der Waals surface area contributed by atoms with Gasteiger partial charge in [0.1, 0.15) is 19.3 Å². The first-order valence-corrected chi connectivity index (χ1v) is 8.04. The van der Waals surface area contributed by atoms with Crippen LogP contribution in [-0.4, -0.2) is 67.8 Å². The van der Waals surface area contributed by atoms with Gasteiger partial charge in [-0.1, -0.05) is 0 Å². The van der Waals surface area contributed by atoms with Crippen molar-refractivity contribution in [2.45, 2.75) is 58.7 Å². The molecular weight excluding hydrogens is 352 g/mol. The van der Waals surface area contributed by atoms with Crippen LogP contribution in [0.4, 0.5) is 0 Å². The summed E-state index contributed by atoms with van der Waals surface area (Å²) in [4.78, 5) is 45.4. The molecule has 4 unspecified atom stereocenters. The second-order valence-corrected chi connectivity index (χ2v) is 5.59. The lowest BCUT2D eigenvalue weighted by Gasteiger charge is -2.33. The smallest absolute Gasteiger partial charge is 0.303 e. The third-order valence-corrected chi connectivity index (χ3v) is 3.36. The highest BCUT2D eigenvalue weighted by atomic mass is 16.8. The van der Waals surface area contributed by atoms with Crippen molar-refractivity contribution in [1.29, 1.82) is 0 Å². The maximum Gasteiger partial charge on any atom is 0.303 e. The molecule has 4 atom stereocenters. The number of hydrogen-bond acceptors (Lipinski definition) is 10. The van der Waals surface area contributed by atoms with Crippen molar-refractivity contribution in [3.8, 4) is 0 Å². The maximum atomic E-state index is 11.6. The molecule has 0 bridgehead atoms. The third-order valence-electron chi connectivity index (χ3n) is 3.36. The molecular formula is C16H24O10. The number of carbonyl (C=O) groups is 4. The second kappa shape index (κ2) is 9.48. The first-order valence-electron chi connectivity index (χ1n) is 8.04. The van der Waals surface area contributed by atoms with Gasteiger partial charge in [-0.2, -0.15) is 0 Å². The highest BCUT2D eigenvalue weighted by Gasteiger charge is 2.61. The van der Waals surface area contributed by atoms with Crippen LogP contribution >= 0.6 is 0 Å². The van der Waals surface area contributed by atoms with Crippen LogP contribution in [0.25, 0.3) is 0 Å². The van der Waals surface area contributed by atoms with Crippen LogP contribution in [0.2, 0.25) is 0 Å². The standard InChI is InChI=1S/C16H24O10/c1-6-23-16(8-22-10(3)18)15(25-12(5)20)14(24-11(4)19)13(26-16)7-21-9(2)17/h13-15H,6-8H2,1-5H3. The first kappa shape index (κ1) is 21.8. The van der Waals surface area contributed by atoms with Crippen molar-refractivity contribution in [2.24, 2.45) is 0 Å². The molecule has 0 aromatic heterocycles. The van der Waals surface area contributed by atoms with Gasteiger partial charge in [0.15, 0.2) is 12.2 Å². The van der Waals surface area contributed by atoms with Gasteiger partial charge in [-0.15, -0.1) is 0 Å². The minimum absolute atomic E-state index is 0.117. The van der Waals surface area contributed by atoms with Crippen molar-refractivity contribution in [3.63, 3.8) is 0 Å². The molecule has 1 rings (SSSR count). The van der Waals surface area contributed by atoms with Gasteiger partial charge in [0.05, 0.1) is 0 Å². The van der Waals surface area contributed by atoms with E-state index in [1.807, 2.05) is 0 Å². The van der Waals surface area contributed by atoms with Crippen LogP contribution in [0.3, 0.4) is 0 Å². The predicted molar refractivity (Wildman–Crippen MR) is 83.6 cm³/mol. The fourth-order valence-electron chi connectivity index (χ4n) is 2.55. The van der Waals surface area contributed by atoms with E-state index in [1.54, 1.807) is 6.92 Å². The third kappa shape index (κ3) is 5.95. The Morgan fingerprint density at radius 3 is 1.92 bits per heavy atom. The lowest BCUT2D eigenvalue weighted by Crippen LogP contribution is -2.52. The summed E-state index contributed by atoms with van der Waals surface area (Å²) in [6.07, 6.45) is -3.35. The van der Waals surface area contributed by atoms with Crippen molar-refractivity contribution in [2.75, 3.05) is 19.8 Å². The molecule has 1 heterocycles. The number of rotatable bonds is 8. The largest absolute Gasteiger partial charge is 0.463 e. The van der Waals surface area contributed by atoms with Gasteiger partial charge in [-0.3, -0.25) is 19.2 Å². The molecule has 0 radical (unpaired) electrons. The van der Waals surface area contributed by atoms with Crippen molar-refractivity contribution >= 4 is 23.9 Å². The monoisotopic (exact) mass is 376 g/mol. The van der Waals surface area contributed by atoms with Crippen molar-refractivity contribution < 1.29 is 47.6 Å². The zero-order valence-corrected chi connectivity index (χ0v) is 15.4. The average Bonchev–Trinajstić information content (AvgIpc) is 2.77. The Bertz CT molecular complexity index is 545. The van der Waals surface area contributed by atoms with Crippen LogP contribution in [-0.2, 0) is 47.6 Å². The summed E-state index contributed by atoms with van der Waals surface area (Å²) in [7, 11) is 0. The van der Waals surface area contributed by atoms with Gasteiger partial charge >= 0.3 is 23.9 Å². The summed E-state index contributed by atoms with van der Waals surface area (Å²) in [6, 6.07) is 0. The molecule has 10 nitrogen and oxygen atoms in total. The fourth-order valence-corrected chi connectivity index (χ4v) is 2.55. The van der Waals surface area contributed by atoms with Crippen LogP contribution in [0.15, 0.2) is 0 Å². The Kier molecular flexibility index (Phi) is 7.97. The van der Waals surface area contributed by atoms with E-state index in [0.29, 0.717) is 0 Å². The maximum absolute atomic E-state index is 11.6. The van der Waals surface area contributed by atoms with E-state index in [1.165, 1.54) is 20.8 Å². The van der Waals surface area contributed by atoms with Gasteiger partial charge in [0.25, 0.3) is 0 Å². The SMILES string of the molecule is CCOC1(COC(C)=O)OC(COC(C)=O)C(OC(C)=O)C1OC(C)=O. The number of ether oxygens (including phenoxy) is 6. The molecule has 0 amide bonds. The number of hydrogen-bond donors (Lipinski definition) is 0. The Hall–Kier alpha value is -2.20. The minimum Gasteiger partial charge on any atom is -0.463 e. The second-order valence-electron chi connectivity index (χ2n) is 5.59. The van der Waals surface area contributed by atoms with Crippen LogP contribution in [0.1, 0.15) is 34.6 Å². The Morgan fingerprint density at radius 1 is 0.885 bits per heavy atom. The number of carbonyl (C=O) groups excluding carboxylic acids is 4. The lowest BCUT2D eigenvalue weighted by atomic mass is 10.0. The van der Waals surface area contributed by atoms with Gasteiger partial charge < -0.3 is 28.4 Å². The zero-order chi connectivity index (χ0) is 19.9. The van der Waals surface area contributed by atoms with E-state index in [0.717, 1.165) is 6.92 Å². The van der Waals surface area contributed by atoms with Gasteiger partial charge in [0, 0.05) is 34.3 Å². The topological polar surface area (TPSA) is 124 Å². The summed E-state index contributed by atoms with van der Waals surface area (Å²) in [5.74, 6) is -4.24. The quantitative estimate of drug-likeness (QED) is 0.426. The normalized spacial score (nSPS) is 27.5. The molecule has 0 aromatic rings. The van der Waals surface area contributed by atoms with Crippen molar-refractivity contribution in [3.05, 3.63) is 0 Å². The van der Waals surface area contributed by atoms with Gasteiger partial charge in [-0.05, 0) is 6.92 Å². The summed E-state index contributed by atoms with van der Waals surface area (Å²) in [5.41, 5.74) is 0. The molecule has 1 aliphatic rings. The van der Waals surface area contributed by atoms with Crippen LogP contribution < -0.4 is 0 Å². The highest BCUT2D eigenvalue weighted by Crippen LogP contribution is 2.37. The van der Waals surface area contributed by atoms with Crippen LogP contribution in [0.5, 0.6) is 0 Å². The fraction of sp³-hybridized carbons (Fsp3) is 0.750. The molecule has 26 heavy (non-hydrogen) atoms. The Balaban J connectivity index is 3.23. The van der Waals surface area contributed by atoms with E-state index in [9.17, 15) is 19.2 Å². The van der Waals surface area contributed by atoms with E-state index >= 15 is 0 Å². The molecule has 0 N–H and O–H groups in total. The van der Waals surface area contributed by atoms with E-state index in [4.69, 9.17) is 28.4 Å². The molecule has 148 valence electrons. The predicted octanol–water partition coefficient (Wildman–Crippen LogP) is 0.108. The summed E-state index contributed by atoms with van der Waals surface area (Å²) in [5, 5.41) is 0. The highest BCUT2D eigenvalue weighted by molar-refractivity contribution is 5.68. The van der Waals surface area contributed by atoms with Gasteiger partial charge in [-0.25, -0.2) is 0 Å². The average molecular weight is 376 g/mol. The Labute approximate surface area is 151 Å². The molecule has 0 aliphatic carbocycles. The molecule has 0 saturated carbocycles. The van der Waals surface area contributed by atoms with Crippen LogP contribution in [0, 0.1) is 0 Å². The first-order chi connectivity index (χ1) is 12.1. The molecule has 1 fully saturated rings. The molecule has 1 aliphatic heterocycles. The van der Waals surface area contributed by atoms with Crippen molar-refractivity contribution in [1.82, 2.24) is 0 Å². The van der Waals surface area contributed by atoms with E-state index in [-0.39, 0.29) is 13.2 Å². The minimum atomic E-state index is -1.71. The molecule has 1 saturated heterocycles. The summed E-state index contributed by atoms with van der Waals surface area (Å²) in [6.45, 7) is 5.80. The lowest BCUT2D eigenvalue weighted by molar-refractivity contribution is -0.280. The summed E-state index contributed by atoms with van der Waals surface area (Å²) < 4.78 is 31.8. The Morgan fingerprint density at radius 2 is 1.46 bits per heavy atom. The molecule has 0 spiro atoms. The molecule has 10 heteroatoms. The molecule has 0 aromatic carbocycles. The van der Waals surface area contributed by atoms with E-state index < -0.39 is 54.6 Å².